The first-order valence-corrected chi connectivity index (χ1v) is 7.27. The van der Waals surface area contributed by atoms with Gasteiger partial charge in [-0.25, -0.2) is 0 Å². The Labute approximate surface area is 112 Å². The van der Waals surface area contributed by atoms with E-state index in [-0.39, 0.29) is 5.91 Å². The standard InChI is InChI=1S/C13H20N2O2S/c1-17-7-5-14-13(16)9-15-6-2-3-12(15)11-4-8-18-10-11/h4,8,10,12H,2-3,5-7,9H2,1H3,(H,14,16)/t12-/m1/s1. The van der Waals surface area contributed by atoms with E-state index in [9.17, 15) is 4.79 Å². The third-order valence-electron chi connectivity index (χ3n) is 3.27. The number of ether oxygens (including phenoxy) is 1. The highest BCUT2D eigenvalue weighted by Crippen LogP contribution is 2.32. The molecule has 1 aliphatic heterocycles. The summed E-state index contributed by atoms with van der Waals surface area (Å²) in [6.45, 7) is 2.66. The fraction of sp³-hybridized carbons (Fsp3) is 0.615. The fourth-order valence-electron chi connectivity index (χ4n) is 2.39. The fourth-order valence-corrected chi connectivity index (χ4v) is 3.10. The second-order valence-corrected chi connectivity index (χ2v) is 5.31. The molecule has 0 aromatic carbocycles. The van der Waals surface area contributed by atoms with Crippen molar-refractivity contribution in [3.8, 4) is 0 Å². The first-order chi connectivity index (χ1) is 8.81. The molecule has 2 heterocycles. The Morgan fingerprint density at radius 1 is 1.67 bits per heavy atom. The SMILES string of the molecule is COCCNC(=O)CN1CCC[C@@H]1c1ccsc1. The lowest BCUT2D eigenvalue weighted by molar-refractivity contribution is -0.122. The minimum atomic E-state index is 0.0918. The number of methoxy groups -OCH3 is 1. The Morgan fingerprint density at radius 3 is 3.28 bits per heavy atom. The normalized spacial score (nSPS) is 20.2. The van der Waals surface area contributed by atoms with Crippen LogP contribution >= 0.6 is 11.3 Å². The number of nitrogens with zero attached hydrogens (tertiary/aromatic N) is 1. The molecule has 0 radical (unpaired) electrons. The topological polar surface area (TPSA) is 41.6 Å². The van der Waals surface area contributed by atoms with Gasteiger partial charge in [-0.3, -0.25) is 9.69 Å². The van der Waals surface area contributed by atoms with Crippen LogP contribution in [0, 0.1) is 0 Å². The van der Waals surface area contributed by atoms with Gasteiger partial charge in [0.05, 0.1) is 13.2 Å². The quantitative estimate of drug-likeness (QED) is 0.798. The molecule has 0 unspecified atom stereocenters. The summed E-state index contributed by atoms with van der Waals surface area (Å²) in [5.41, 5.74) is 1.35. The van der Waals surface area contributed by atoms with Gasteiger partial charge in [0.25, 0.3) is 0 Å². The highest BCUT2D eigenvalue weighted by Gasteiger charge is 2.27. The maximum atomic E-state index is 11.8. The van der Waals surface area contributed by atoms with Gasteiger partial charge in [-0.1, -0.05) is 0 Å². The smallest absolute Gasteiger partial charge is 0.234 e. The van der Waals surface area contributed by atoms with Crippen molar-refractivity contribution >= 4 is 17.2 Å². The number of likely N-dealkylation sites (tertiary alicyclic amines) is 1. The first kappa shape index (κ1) is 13.5. The van der Waals surface area contributed by atoms with Crippen LogP contribution in [0.4, 0.5) is 0 Å². The molecule has 18 heavy (non-hydrogen) atoms. The lowest BCUT2D eigenvalue weighted by Gasteiger charge is -2.23. The molecule has 1 saturated heterocycles. The van der Waals surface area contributed by atoms with Gasteiger partial charge in [0.15, 0.2) is 0 Å². The van der Waals surface area contributed by atoms with E-state index in [0.717, 1.165) is 13.0 Å². The maximum Gasteiger partial charge on any atom is 0.234 e. The Hall–Kier alpha value is -0.910. The molecule has 5 heteroatoms. The van der Waals surface area contributed by atoms with Gasteiger partial charge in [-0.15, -0.1) is 0 Å². The largest absolute Gasteiger partial charge is 0.383 e. The molecular formula is C13H20N2O2S. The average molecular weight is 268 g/mol. The molecule has 0 bridgehead atoms. The summed E-state index contributed by atoms with van der Waals surface area (Å²) in [5, 5.41) is 7.16. The molecular weight excluding hydrogens is 248 g/mol. The second-order valence-electron chi connectivity index (χ2n) is 4.53. The second kappa shape index (κ2) is 6.87. The van der Waals surface area contributed by atoms with Crippen molar-refractivity contribution in [2.45, 2.75) is 18.9 Å². The van der Waals surface area contributed by atoms with E-state index in [4.69, 9.17) is 4.74 Å². The Balaban J connectivity index is 1.83. The predicted molar refractivity (Wildman–Crippen MR) is 72.8 cm³/mol. The van der Waals surface area contributed by atoms with Gasteiger partial charge in [-0.2, -0.15) is 11.3 Å². The number of carbonyl (C=O) groups is 1. The monoisotopic (exact) mass is 268 g/mol. The Morgan fingerprint density at radius 2 is 2.56 bits per heavy atom. The van der Waals surface area contributed by atoms with E-state index in [0.29, 0.717) is 25.7 Å². The van der Waals surface area contributed by atoms with E-state index >= 15 is 0 Å². The third kappa shape index (κ3) is 3.54. The number of hydrogen-bond donors (Lipinski definition) is 1. The van der Waals surface area contributed by atoms with Crippen LogP contribution in [0.5, 0.6) is 0 Å². The minimum Gasteiger partial charge on any atom is -0.383 e. The molecule has 1 aliphatic rings. The lowest BCUT2D eigenvalue weighted by Crippen LogP contribution is -2.38. The summed E-state index contributed by atoms with van der Waals surface area (Å²) < 4.78 is 4.92. The molecule has 4 nitrogen and oxygen atoms in total. The summed E-state index contributed by atoms with van der Waals surface area (Å²) in [6, 6.07) is 2.58. The van der Waals surface area contributed by atoms with Crippen LogP contribution in [-0.2, 0) is 9.53 Å². The zero-order valence-corrected chi connectivity index (χ0v) is 11.5. The Bertz CT molecular complexity index is 367. The van der Waals surface area contributed by atoms with Gasteiger partial charge in [0.2, 0.25) is 5.91 Å². The summed E-state index contributed by atoms with van der Waals surface area (Å²) in [4.78, 5) is 14.1. The molecule has 1 aromatic rings. The van der Waals surface area contributed by atoms with Crippen molar-refractivity contribution in [1.82, 2.24) is 10.2 Å². The molecule has 0 saturated carbocycles. The van der Waals surface area contributed by atoms with Crippen LogP contribution in [-0.4, -0.2) is 44.2 Å². The molecule has 1 fully saturated rings. The van der Waals surface area contributed by atoms with E-state index in [1.165, 1.54) is 12.0 Å². The number of rotatable bonds is 6. The number of hydrogen-bond acceptors (Lipinski definition) is 4. The van der Waals surface area contributed by atoms with Crippen molar-refractivity contribution in [2.24, 2.45) is 0 Å². The van der Waals surface area contributed by atoms with Gasteiger partial charge in [0.1, 0.15) is 0 Å². The number of carbonyl (C=O) groups excluding carboxylic acids is 1. The van der Waals surface area contributed by atoms with Crippen molar-refractivity contribution in [3.05, 3.63) is 22.4 Å². The first-order valence-electron chi connectivity index (χ1n) is 6.33. The van der Waals surface area contributed by atoms with Crippen LogP contribution in [0.25, 0.3) is 0 Å². The third-order valence-corrected chi connectivity index (χ3v) is 3.97. The van der Waals surface area contributed by atoms with Crippen molar-refractivity contribution in [2.75, 3.05) is 33.4 Å². The van der Waals surface area contributed by atoms with Gasteiger partial charge in [0, 0.05) is 19.7 Å². The van der Waals surface area contributed by atoms with E-state index < -0.39 is 0 Å². The Kier molecular flexibility index (Phi) is 5.16. The number of thiophene rings is 1. The summed E-state index contributed by atoms with van der Waals surface area (Å²) in [7, 11) is 1.64. The highest BCUT2D eigenvalue weighted by atomic mass is 32.1. The van der Waals surface area contributed by atoms with E-state index in [1.54, 1.807) is 18.4 Å². The van der Waals surface area contributed by atoms with Crippen LogP contribution in [0.1, 0.15) is 24.4 Å². The zero-order valence-electron chi connectivity index (χ0n) is 10.7. The molecule has 0 spiro atoms. The minimum absolute atomic E-state index is 0.0918. The number of nitrogens with one attached hydrogen (secondary N) is 1. The predicted octanol–water partition coefficient (Wildman–Crippen LogP) is 1.65. The molecule has 1 amide bonds. The molecule has 1 aromatic heterocycles. The molecule has 100 valence electrons. The zero-order chi connectivity index (χ0) is 12.8. The van der Waals surface area contributed by atoms with Crippen LogP contribution in [0.3, 0.4) is 0 Å². The van der Waals surface area contributed by atoms with Gasteiger partial charge in [-0.05, 0) is 41.8 Å². The van der Waals surface area contributed by atoms with Crippen molar-refractivity contribution in [1.29, 1.82) is 0 Å². The summed E-state index contributed by atoms with van der Waals surface area (Å²) in [5.74, 6) is 0.0918. The lowest BCUT2D eigenvalue weighted by atomic mass is 10.1. The number of amides is 1. The van der Waals surface area contributed by atoms with Crippen LogP contribution in [0.2, 0.25) is 0 Å². The summed E-state index contributed by atoms with van der Waals surface area (Å²) >= 11 is 1.72. The molecule has 1 atom stereocenters. The van der Waals surface area contributed by atoms with E-state index in [2.05, 4.69) is 27.0 Å². The molecule has 2 rings (SSSR count). The average Bonchev–Trinajstić information content (AvgIpc) is 2.99. The molecule has 1 N–H and O–H groups in total. The van der Waals surface area contributed by atoms with Crippen molar-refractivity contribution < 1.29 is 9.53 Å². The maximum absolute atomic E-state index is 11.8. The van der Waals surface area contributed by atoms with Gasteiger partial charge < -0.3 is 10.1 Å². The van der Waals surface area contributed by atoms with Crippen molar-refractivity contribution in [3.63, 3.8) is 0 Å². The molecule has 0 aliphatic carbocycles. The van der Waals surface area contributed by atoms with Crippen LogP contribution < -0.4 is 5.32 Å². The highest BCUT2D eigenvalue weighted by molar-refractivity contribution is 7.07. The van der Waals surface area contributed by atoms with Gasteiger partial charge >= 0.3 is 0 Å². The summed E-state index contributed by atoms with van der Waals surface area (Å²) in [6.07, 6.45) is 2.33. The van der Waals surface area contributed by atoms with Crippen LogP contribution in [0.15, 0.2) is 16.8 Å². The van der Waals surface area contributed by atoms with E-state index in [1.807, 2.05) is 0 Å².